The number of likely N-dealkylation sites (tertiary alicyclic amines) is 1. The van der Waals surface area contributed by atoms with E-state index in [-0.39, 0.29) is 0 Å². The van der Waals surface area contributed by atoms with E-state index in [4.69, 9.17) is 14.1 Å². The zero-order chi connectivity index (χ0) is 21.8. The molecule has 0 unspecified atom stereocenters. The van der Waals surface area contributed by atoms with Gasteiger partial charge < -0.3 is 9.15 Å². The third-order valence-corrected chi connectivity index (χ3v) is 7.39. The Balaban J connectivity index is 1.21. The number of benzene rings is 2. The molecule has 5 rings (SSSR count). The summed E-state index contributed by atoms with van der Waals surface area (Å²) in [4.78, 5) is 10.1. The van der Waals surface area contributed by atoms with Crippen molar-refractivity contribution in [3.05, 3.63) is 66.1 Å². The highest BCUT2D eigenvalue weighted by Gasteiger charge is 2.26. The van der Waals surface area contributed by atoms with Crippen LogP contribution in [0.4, 0.5) is 0 Å². The van der Waals surface area contributed by atoms with Crippen molar-refractivity contribution in [1.29, 1.82) is 0 Å². The molecule has 2 fully saturated rings. The number of oxazole rings is 1. The van der Waals surface area contributed by atoms with Gasteiger partial charge in [0.1, 0.15) is 17.3 Å². The number of rotatable bonds is 6. The van der Waals surface area contributed by atoms with Crippen molar-refractivity contribution < 1.29 is 9.15 Å². The van der Waals surface area contributed by atoms with Crippen LogP contribution >= 0.6 is 11.8 Å². The van der Waals surface area contributed by atoms with Gasteiger partial charge in [0.25, 0.3) is 0 Å². The molecule has 0 saturated carbocycles. The summed E-state index contributed by atoms with van der Waals surface area (Å²) < 4.78 is 12.0. The first-order valence-electron chi connectivity index (χ1n) is 11.6. The fraction of sp³-hybridized carbons (Fsp3) is 0.423. The Bertz CT molecular complexity index is 1010. The van der Waals surface area contributed by atoms with Crippen LogP contribution in [-0.2, 0) is 6.54 Å². The van der Waals surface area contributed by atoms with Gasteiger partial charge in [-0.15, -0.1) is 0 Å². The Hall–Kier alpha value is -2.28. The fourth-order valence-electron chi connectivity index (χ4n) is 4.61. The Morgan fingerprint density at radius 2 is 1.72 bits per heavy atom. The third-order valence-electron chi connectivity index (χ3n) is 6.45. The Morgan fingerprint density at radius 3 is 2.50 bits per heavy atom. The molecule has 0 amide bonds. The van der Waals surface area contributed by atoms with Crippen LogP contribution in [0.5, 0.6) is 11.5 Å². The van der Waals surface area contributed by atoms with Crippen LogP contribution < -0.4 is 4.74 Å². The van der Waals surface area contributed by atoms with E-state index in [2.05, 4.69) is 21.6 Å². The molecule has 2 aromatic carbocycles. The molecule has 2 aliphatic rings. The number of thioether (sulfide) groups is 1. The maximum absolute atomic E-state index is 6.06. The van der Waals surface area contributed by atoms with Crippen molar-refractivity contribution in [3.63, 3.8) is 0 Å². The summed E-state index contributed by atoms with van der Waals surface area (Å²) in [5, 5.41) is 0. The highest BCUT2D eigenvalue weighted by molar-refractivity contribution is 7.99. The lowest BCUT2D eigenvalue weighted by molar-refractivity contribution is 0.111. The molecule has 3 heterocycles. The van der Waals surface area contributed by atoms with Crippen molar-refractivity contribution in [3.8, 4) is 23.0 Å². The summed E-state index contributed by atoms with van der Waals surface area (Å²) in [7, 11) is 0. The molecule has 6 heteroatoms. The summed E-state index contributed by atoms with van der Waals surface area (Å²) in [5.41, 5.74) is 1.98. The summed E-state index contributed by atoms with van der Waals surface area (Å²) >= 11 is 2.09. The first-order valence-corrected chi connectivity index (χ1v) is 12.7. The molecule has 0 radical (unpaired) electrons. The minimum atomic E-state index is 0.664. The summed E-state index contributed by atoms with van der Waals surface area (Å²) in [5.74, 6) is 5.75. The quantitative estimate of drug-likeness (QED) is 0.498. The van der Waals surface area contributed by atoms with E-state index in [0.29, 0.717) is 5.89 Å². The van der Waals surface area contributed by atoms with E-state index < -0.39 is 0 Å². The lowest BCUT2D eigenvalue weighted by Crippen LogP contribution is -2.47. The van der Waals surface area contributed by atoms with Crippen LogP contribution in [0.15, 0.2) is 59.0 Å². The van der Waals surface area contributed by atoms with E-state index >= 15 is 0 Å². The maximum Gasteiger partial charge on any atom is 0.226 e. The number of piperidine rings is 1. The third kappa shape index (κ3) is 5.20. The molecule has 32 heavy (non-hydrogen) atoms. The molecule has 0 atom stereocenters. The molecule has 2 saturated heterocycles. The molecule has 1 aromatic heterocycles. The van der Waals surface area contributed by atoms with E-state index in [1.54, 1.807) is 0 Å². The van der Waals surface area contributed by atoms with Gasteiger partial charge in [-0.2, -0.15) is 11.8 Å². The smallest absolute Gasteiger partial charge is 0.226 e. The van der Waals surface area contributed by atoms with Crippen molar-refractivity contribution in [2.75, 3.05) is 37.7 Å². The summed E-state index contributed by atoms with van der Waals surface area (Å²) in [6.45, 7) is 7.67. The second-order valence-corrected chi connectivity index (χ2v) is 9.85. The molecular formula is C26H31N3O2S. The van der Waals surface area contributed by atoms with Crippen molar-refractivity contribution in [1.82, 2.24) is 14.8 Å². The lowest BCUT2D eigenvalue weighted by Gasteiger charge is -2.39. The number of para-hydroxylation sites is 1. The number of ether oxygens (including phenoxy) is 1. The van der Waals surface area contributed by atoms with E-state index in [9.17, 15) is 0 Å². The Labute approximate surface area is 194 Å². The van der Waals surface area contributed by atoms with Crippen molar-refractivity contribution >= 4 is 11.8 Å². The van der Waals surface area contributed by atoms with E-state index in [1.807, 2.05) is 61.5 Å². The highest BCUT2D eigenvalue weighted by Crippen LogP contribution is 2.29. The maximum atomic E-state index is 6.06. The van der Waals surface area contributed by atoms with Gasteiger partial charge in [0.05, 0.1) is 5.69 Å². The highest BCUT2D eigenvalue weighted by atomic mass is 32.2. The monoisotopic (exact) mass is 449 g/mol. The Morgan fingerprint density at radius 1 is 0.969 bits per heavy atom. The first kappa shape index (κ1) is 21.6. The van der Waals surface area contributed by atoms with Gasteiger partial charge in [0.2, 0.25) is 5.89 Å². The fourth-order valence-corrected chi connectivity index (χ4v) is 5.54. The van der Waals surface area contributed by atoms with Gasteiger partial charge in [-0.1, -0.05) is 24.3 Å². The minimum Gasteiger partial charge on any atom is -0.457 e. The van der Waals surface area contributed by atoms with Gasteiger partial charge in [0.15, 0.2) is 0 Å². The van der Waals surface area contributed by atoms with Crippen LogP contribution in [0.1, 0.15) is 24.3 Å². The second-order valence-electron chi connectivity index (χ2n) is 8.62. The van der Waals surface area contributed by atoms with Gasteiger partial charge >= 0.3 is 0 Å². The Kier molecular flexibility index (Phi) is 6.81. The average Bonchev–Trinajstić information content (AvgIpc) is 3.21. The van der Waals surface area contributed by atoms with Crippen LogP contribution in [-0.4, -0.2) is 58.5 Å². The normalized spacial score (nSPS) is 18.7. The molecule has 0 spiro atoms. The molecule has 2 aliphatic heterocycles. The zero-order valence-electron chi connectivity index (χ0n) is 18.7. The van der Waals surface area contributed by atoms with Gasteiger partial charge in [-0.3, -0.25) is 9.80 Å². The van der Waals surface area contributed by atoms with Crippen LogP contribution in [0.3, 0.4) is 0 Å². The molecular weight excluding hydrogens is 418 g/mol. The predicted octanol–water partition coefficient (Wildman–Crippen LogP) is 5.46. The molecule has 3 aromatic rings. The van der Waals surface area contributed by atoms with Crippen LogP contribution in [0.2, 0.25) is 0 Å². The van der Waals surface area contributed by atoms with Crippen LogP contribution in [0, 0.1) is 6.92 Å². The largest absolute Gasteiger partial charge is 0.457 e. The molecule has 168 valence electrons. The van der Waals surface area contributed by atoms with E-state index in [0.717, 1.165) is 54.2 Å². The molecule has 0 N–H and O–H groups in total. The summed E-state index contributed by atoms with van der Waals surface area (Å²) in [6.07, 6.45) is 2.51. The first-order chi connectivity index (χ1) is 15.7. The molecule has 5 nitrogen and oxygen atoms in total. The second kappa shape index (κ2) is 10.1. The minimum absolute atomic E-state index is 0.664. The standard InChI is InChI=1S/C26H31N3O2S/c1-20-25(19-28-12-10-22(11-13-28)29-14-16-32-17-15-29)27-26(30-20)21-6-5-9-24(18-21)31-23-7-3-2-4-8-23/h2-9,18,22H,10-17,19H2,1H3. The number of aromatic nitrogens is 1. The number of aryl methyl sites for hydroxylation is 1. The van der Waals surface area contributed by atoms with Gasteiger partial charge in [-0.25, -0.2) is 4.98 Å². The predicted molar refractivity (Wildman–Crippen MR) is 130 cm³/mol. The summed E-state index contributed by atoms with van der Waals surface area (Å²) in [6, 6.07) is 18.5. The topological polar surface area (TPSA) is 41.7 Å². The number of nitrogens with zero attached hydrogens (tertiary/aromatic N) is 3. The molecule has 0 aliphatic carbocycles. The van der Waals surface area contributed by atoms with Gasteiger partial charge in [-0.05, 0) is 50.1 Å². The number of hydrogen-bond acceptors (Lipinski definition) is 6. The van der Waals surface area contributed by atoms with Crippen LogP contribution in [0.25, 0.3) is 11.5 Å². The van der Waals surface area contributed by atoms with Gasteiger partial charge in [0, 0.05) is 55.8 Å². The van der Waals surface area contributed by atoms with Crippen molar-refractivity contribution in [2.45, 2.75) is 32.4 Å². The zero-order valence-corrected chi connectivity index (χ0v) is 19.5. The average molecular weight is 450 g/mol. The number of hydrogen-bond donors (Lipinski definition) is 0. The van der Waals surface area contributed by atoms with E-state index in [1.165, 1.54) is 37.4 Å². The SMILES string of the molecule is Cc1oc(-c2cccc(Oc3ccccc3)c2)nc1CN1CCC(N2CCSCC2)CC1. The lowest BCUT2D eigenvalue weighted by atomic mass is 10.0. The molecule has 0 bridgehead atoms. The van der Waals surface area contributed by atoms with Crippen molar-refractivity contribution in [2.24, 2.45) is 0 Å².